The summed E-state index contributed by atoms with van der Waals surface area (Å²) < 4.78 is 5.61. The summed E-state index contributed by atoms with van der Waals surface area (Å²) in [6, 6.07) is 11.2. The van der Waals surface area contributed by atoms with E-state index in [-0.39, 0.29) is 17.2 Å². The van der Waals surface area contributed by atoms with Crippen LogP contribution in [0.4, 0.5) is 5.69 Å². The molecule has 1 aromatic carbocycles. The van der Waals surface area contributed by atoms with Gasteiger partial charge in [0.1, 0.15) is 23.2 Å². The summed E-state index contributed by atoms with van der Waals surface area (Å²) in [5.74, 6) is 0.391. The molecule has 0 aliphatic heterocycles. The minimum absolute atomic E-state index is 0.0244. The van der Waals surface area contributed by atoms with Gasteiger partial charge in [-0.25, -0.2) is 0 Å². The van der Waals surface area contributed by atoms with Gasteiger partial charge < -0.3 is 9.32 Å². The van der Waals surface area contributed by atoms with Gasteiger partial charge in [-0.3, -0.25) is 14.9 Å². The Morgan fingerprint density at radius 3 is 2.64 bits per heavy atom. The summed E-state index contributed by atoms with van der Waals surface area (Å²) in [6.45, 7) is 4.68. The SMILES string of the molecule is CCN(CC)C(=O)C(C#N)=Cc1ccc(-c2cccc([N+](=O)[O-])c2)o1. The fourth-order valence-corrected chi connectivity index (χ4v) is 2.32. The van der Waals surface area contributed by atoms with E-state index in [1.54, 1.807) is 29.2 Å². The molecule has 0 radical (unpaired) electrons. The van der Waals surface area contributed by atoms with Crippen molar-refractivity contribution in [3.63, 3.8) is 0 Å². The van der Waals surface area contributed by atoms with Crippen LogP contribution < -0.4 is 0 Å². The average Bonchev–Trinajstić information content (AvgIpc) is 3.09. The van der Waals surface area contributed by atoms with E-state index in [9.17, 15) is 20.2 Å². The molecule has 0 unspecified atom stereocenters. The molecular formula is C18H17N3O4. The van der Waals surface area contributed by atoms with Crippen LogP contribution in [0.5, 0.6) is 0 Å². The number of amides is 1. The Kier molecular flexibility index (Phi) is 5.69. The zero-order valence-electron chi connectivity index (χ0n) is 13.9. The van der Waals surface area contributed by atoms with E-state index in [4.69, 9.17) is 4.42 Å². The molecule has 7 heteroatoms. The van der Waals surface area contributed by atoms with E-state index in [2.05, 4.69) is 0 Å². The molecule has 0 aliphatic carbocycles. The monoisotopic (exact) mass is 339 g/mol. The van der Waals surface area contributed by atoms with Gasteiger partial charge in [-0.1, -0.05) is 12.1 Å². The van der Waals surface area contributed by atoms with Crippen LogP contribution in [0.25, 0.3) is 17.4 Å². The molecule has 2 rings (SSSR count). The molecular weight excluding hydrogens is 322 g/mol. The third-order valence-corrected chi connectivity index (χ3v) is 3.66. The van der Waals surface area contributed by atoms with Gasteiger partial charge in [-0.15, -0.1) is 0 Å². The number of nitro groups is 1. The Labute approximate surface area is 144 Å². The summed E-state index contributed by atoms with van der Waals surface area (Å²) in [4.78, 5) is 24.2. The zero-order valence-corrected chi connectivity index (χ0v) is 13.9. The molecule has 7 nitrogen and oxygen atoms in total. The lowest BCUT2D eigenvalue weighted by Gasteiger charge is -2.17. The molecule has 0 saturated carbocycles. The quantitative estimate of drug-likeness (QED) is 0.346. The largest absolute Gasteiger partial charge is 0.457 e. The van der Waals surface area contributed by atoms with E-state index < -0.39 is 4.92 Å². The molecule has 2 aromatic rings. The minimum atomic E-state index is -0.482. The molecule has 0 N–H and O–H groups in total. The number of likely N-dealkylation sites (N-methyl/N-ethyl adjacent to an activating group) is 1. The highest BCUT2D eigenvalue weighted by Gasteiger charge is 2.16. The van der Waals surface area contributed by atoms with Gasteiger partial charge in [-0.2, -0.15) is 5.26 Å². The average molecular weight is 339 g/mol. The van der Waals surface area contributed by atoms with Crippen molar-refractivity contribution in [3.8, 4) is 17.4 Å². The van der Waals surface area contributed by atoms with Crippen LogP contribution in [-0.2, 0) is 4.79 Å². The lowest BCUT2D eigenvalue weighted by molar-refractivity contribution is -0.384. The number of rotatable bonds is 6. The molecule has 0 atom stereocenters. The van der Waals surface area contributed by atoms with Crippen molar-refractivity contribution in [3.05, 3.63) is 57.8 Å². The third-order valence-electron chi connectivity index (χ3n) is 3.66. The number of furan rings is 1. The smallest absolute Gasteiger partial charge is 0.270 e. The first kappa shape index (κ1) is 17.9. The standard InChI is InChI=1S/C18H17N3O4/c1-3-20(4-2)18(22)14(12-19)11-16-8-9-17(25-16)13-6-5-7-15(10-13)21(23)24/h5-11H,3-4H2,1-2H3. The minimum Gasteiger partial charge on any atom is -0.457 e. The lowest BCUT2D eigenvalue weighted by Crippen LogP contribution is -2.31. The van der Waals surface area contributed by atoms with Gasteiger partial charge in [0, 0.05) is 36.9 Å². The van der Waals surface area contributed by atoms with E-state index in [0.717, 1.165) is 0 Å². The molecule has 1 aromatic heterocycles. The number of hydrogen-bond acceptors (Lipinski definition) is 5. The van der Waals surface area contributed by atoms with Crippen LogP contribution in [0, 0.1) is 21.4 Å². The van der Waals surface area contributed by atoms with Crippen LogP contribution in [-0.4, -0.2) is 28.8 Å². The highest BCUT2D eigenvalue weighted by molar-refractivity contribution is 6.01. The normalized spacial score (nSPS) is 11.0. The van der Waals surface area contributed by atoms with Gasteiger partial charge >= 0.3 is 0 Å². The number of nitriles is 1. The number of nitro benzene ring substituents is 1. The maximum Gasteiger partial charge on any atom is 0.270 e. The molecule has 0 aliphatic rings. The van der Waals surface area contributed by atoms with Crippen LogP contribution >= 0.6 is 0 Å². The van der Waals surface area contributed by atoms with Gasteiger partial charge in [0.25, 0.3) is 11.6 Å². The molecule has 0 saturated heterocycles. The summed E-state index contributed by atoms with van der Waals surface area (Å²) >= 11 is 0. The number of carbonyl (C=O) groups is 1. The third kappa shape index (κ3) is 4.12. The first-order valence-corrected chi connectivity index (χ1v) is 7.75. The summed E-state index contributed by atoms with van der Waals surface area (Å²) in [5.41, 5.74) is 0.478. The number of hydrogen-bond donors (Lipinski definition) is 0. The summed E-state index contributed by atoms with van der Waals surface area (Å²) in [7, 11) is 0. The number of non-ortho nitro benzene ring substituents is 1. The number of benzene rings is 1. The summed E-state index contributed by atoms with van der Waals surface area (Å²) in [6.07, 6.45) is 1.38. The van der Waals surface area contributed by atoms with Crippen molar-refractivity contribution < 1.29 is 14.1 Å². The second-order valence-electron chi connectivity index (χ2n) is 5.16. The van der Waals surface area contributed by atoms with Crippen LogP contribution in [0.3, 0.4) is 0 Å². The van der Waals surface area contributed by atoms with Crippen molar-refractivity contribution in [1.82, 2.24) is 4.90 Å². The predicted molar refractivity (Wildman–Crippen MR) is 92.3 cm³/mol. The molecule has 0 bridgehead atoms. The van der Waals surface area contributed by atoms with Crippen LogP contribution in [0.15, 0.2) is 46.4 Å². The van der Waals surface area contributed by atoms with E-state index in [0.29, 0.717) is 30.2 Å². The highest BCUT2D eigenvalue weighted by Crippen LogP contribution is 2.26. The first-order valence-electron chi connectivity index (χ1n) is 7.75. The van der Waals surface area contributed by atoms with E-state index >= 15 is 0 Å². The van der Waals surface area contributed by atoms with E-state index in [1.807, 2.05) is 19.9 Å². The Balaban J connectivity index is 2.31. The topological polar surface area (TPSA) is 100 Å². The maximum absolute atomic E-state index is 12.3. The Bertz CT molecular complexity index is 857. The van der Waals surface area contributed by atoms with Crippen molar-refractivity contribution in [1.29, 1.82) is 5.26 Å². The first-order chi connectivity index (χ1) is 12.0. The zero-order chi connectivity index (χ0) is 18.4. The maximum atomic E-state index is 12.3. The van der Waals surface area contributed by atoms with E-state index in [1.165, 1.54) is 18.2 Å². The lowest BCUT2D eigenvalue weighted by atomic mass is 10.1. The van der Waals surface area contributed by atoms with Crippen molar-refractivity contribution >= 4 is 17.7 Å². The predicted octanol–water partition coefficient (Wildman–Crippen LogP) is 3.63. The Morgan fingerprint density at radius 2 is 2.04 bits per heavy atom. The highest BCUT2D eigenvalue weighted by atomic mass is 16.6. The summed E-state index contributed by atoms with van der Waals surface area (Å²) in [5, 5.41) is 20.1. The van der Waals surface area contributed by atoms with Gasteiger partial charge in [0.2, 0.25) is 0 Å². The molecule has 0 spiro atoms. The van der Waals surface area contributed by atoms with Crippen LogP contribution in [0.2, 0.25) is 0 Å². The fraction of sp³-hybridized carbons (Fsp3) is 0.222. The molecule has 128 valence electrons. The second-order valence-corrected chi connectivity index (χ2v) is 5.16. The van der Waals surface area contributed by atoms with Crippen molar-refractivity contribution in [2.45, 2.75) is 13.8 Å². The second kappa shape index (κ2) is 7.93. The van der Waals surface area contributed by atoms with Gasteiger partial charge in [0.15, 0.2) is 0 Å². The van der Waals surface area contributed by atoms with Crippen LogP contribution in [0.1, 0.15) is 19.6 Å². The Morgan fingerprint density at radius 1 is 1.32 bits per heavy atom. The van der Waals surface area contributed by atoms with Crippen molar-refractivity contribution in [2.75, 3.05) is 13.1 Å². The molecule has 1 heterocycles. The van der Waals surface area contributed by atoms with Gasteiger partial charge in [-0.05, 0) is 26.0 Å². The fourth-order valence-electron chi connectivity index (χ4n) is 2.32. The van der Waals surface area contributed by atoms with Crippen molar-refractivity contribution in [2.24, 2.45) is 0 Å². The van der Waals surface area contributed by atoms with Gasteiger partial charge in [0.05, 0.1) is 4.92 Å². The number of nitrogens with zero attached hydrogens (tertiary/aromatic N) is 3. The Hall–Kier alpha value is -3.40. The molecule has 0 fully saturated rings. The molecule has 25 heavy (non-hydrogen) atoms. The molecule has 1 amide bonds. The number of carbonyl (C=O) groups excluding carboxylic acids is 1.